The van der Waals surface area contributed by atoms with E-state index in [9.17, 15) is 0 Å². The average Bonchev–Trinajstić information content (AvgIpc) is 2.57. The third kappa shape index (κ3) is 6.90. The van der Waals surface area contributed by atoms with E-state index >= 15 is 0 Å². The molecular weight excluding hydrogens is 294 g/mol. The number of anilines is 3. The summed E-state index contributed by atoms with van der Waals surface area (Å²) in [6.45, 7) is 1.18. The molecule has 2 aromatic rings. The molecule has 6 nitrogen and oxygen atoms in total. The van der Waals surface area contributed by atoms with Gasteiger partial charge in [0.15, 0.2) is 0 Å². The first-order chi connectivity index (χ1) is 11.1. The number of hydrogen-bond acceptors (Lipinski definition) is 6. The van der Waals surface area contributed by atoms with E-state index in [-0.39, 0.29) is 13.2 Å². The molecule has 0 radical (unpaired) electrons. The predicted molar refractivity (Wildman–Crippen MR) is 94.9 cm³/mol. The standard InChI is InChI=1S/C10H16N2O2.C7H9NO/c11-9-1-3-10(4-2-9)12(5-7-13)6-8-14;1-8-6-2-4-7(9)5-3-6/h1-4,13-14H,5-8,11H2;2-5,8-9H,1H3. The van der Waals surface area contributed by atoms with Crippen molar-refractivity contribution in [2.75, 3.05) is 49.3 Å². The molecule has 0 aliphatic carbocycles. The lowest BCUT2D eigenvalue weighted by molar-refractivity contribution is 0.281. The molecule has 23 heavy (non-hydrogen) atoms. The number of phenolic OH excluding ortho intramolecular Hbond substituents is 1. The molecule has 2 rings (SSSR count). The van der Waals surface area contributed by atoms with E-state index in [0.29, 0.717) is 24.5 Å². The molecule has 0 aliphatic heterocycles. The third-order valence-corrected chi connectivity index (χ3v) is 3.15. The maximum atomic E-state index is 8.83. The van der Waals surface area contributed by atoms with Crippen molar-refractivity contribution in [3.05, 3.63) is 48.5 Å². The van der Waals surface area contributed by atoms with Crippen LogP contribution in [0.5, 0.6) is 5.75 Å². The molecule has 6 N–H and O–H groups in total. The summed E-state index contributed by atoms with van der Waals surface area (Å²) < 4.78 is 0. The van der Waals surface area contributed by atoms with Crippen LogP contribution in [0.2, 0.25) is 0 Å². The lowest BCUT2D eigenvalue weighted by Crippen LogP contribution is -2.29. The molecule has 0 bridgehead atoms. The van der Waals surface area contributed by atoms with Gasteiger partial charge >= 0.3 is 0 Å². The number of nitrogens with one attached hydrogen (secondary N) is 1. The Bertz CT molecular complexity index is 538. The van der Waals surface area contributed by atoms with Crippen molar-refractivity contribution in [2.45, 2.75) is 0 Å². The second-order valence-electron chi connectivity index (χ2n) is 4.82. The van der Waals surface area contributed by atoms with E-state index in [2.05, 4.69) is 5.32 Å². The molecular formula is C17H25N3O3. The van der Waals surface area contributed by atoms with Crippen LogP contribution in [0.15, 0.2) is 48.5 Å². The van der Waals surface area contributed by atoms with E-state index in [0.717, 1.165) is 11.4 Å². The summed E-state index contributed by atoms with van der Waals surface area (Å²) in [5.74, 6) is 0.300. The number of nitrogen functional groups attached to an aromatic ring is 1. The van der Waals surface area contributed by atoms with Crippen molar-refractivity contribution in [1.82, 2.24) is 0 Å². The summed E-state index contributed by atoms with van der Waals surface area (Å²) in [5, 5.41) is 29.4. The van der Waals surface area contributed by atoms with Gasteiger partial charge in [-0.2, -0.15) is 0 Å². The summed E-state index contributed by atoms with van der Waals surface area (Å²) >= 11 is 0. The van der Waals surface area contributed by atoms with Gasteiger partial charge in [-0.3, -0.25) is 0 Å². The molecule has 0 saturated carbocycles. The molecule has 0 saturated heterocycles. The molecule has 0 aliphatic rings. The largest absolute Gasteiger partial charge is 0.508 e. The predicted octanol–water partition coefficient (Wildman–Crippen LogP) is 1.49. The lowest BCUT2D eigenvalue weighted by atomic mass is 10.2. The van der Waals surface area contributed by atoms with E-state index in [1.54, 1.807) is 24.3 Å². The van der Waals surface area contributed by atoms with Crippen LogP contribution in [-0.4, -0.2) is 48.7 Å². The topological polar surface area (TPSA) is 102 Å². The van der Waals surface area contributed by atoms with Gasteiger partial charge in [0.25, 0.3) is 0 Å². The number of aliphatic hydroxyl groups excluding tert-OH is 2. The number of hydrogen-bond donors (Lipinski definition) is 5. The average molecular weight is 319 g/mol. The number of aliphatic hydroxyl groups is 2. The summed E-state index contributed by atoms with van der Waals surface area (Å²) in [4.78, 5) is 1.90. The highest BCUT2D eigenvalue weighted by atomic mass is 16.3. The van der Waals surface area contributed by atoms with Gasteiger partial charge in [0.05, 0.1) is 13.2 Å². The Morgan fingerprint density at radius 3 is 1.87 bits per heavy atom. The minimum absolute atomic E-state index is 0.0738. The van der Waals surface area contributed by atoms with Crippen LogP contribution in [0.25, 0.3) is 0 Å². The summed E-state index contributed by atoms with van der Waals surface area (Å²) in [5.41, 5.74) is 8.24. The van der Waals surface area contributed by atoms with Gasteiger partial charge in [0.1, 0.15) is 5.75 Å². The van der Waals surface area contributed by atoms with Crippen LogP contribution in [0, 0.1) is 0 Å². The van der Waals surface area contributed by atoms with Crippen LogP contribution in [0.3, 0.4) is 0 Å². The van der Waals surface area contributed by atoms with Crippen molar-refractivity contribution >= 4 is 17.1 Å². The van der Waals surface area contributed by atoms with Gasteiger partial charge in [-0.1, -0.05) is 0 Å². The maximum absolute atomic E-state index is 8.83. The van der Waals surface area contributed by atoms with Crippen molar-refractivity contribution in [2.24, 2.45) is 0 Å². The Balaban J connectivity index is 0.000000253. The fourth-order valence-electron chi connectivity index (χ4n) is 1.92. The highest BCUT2D eigenvalue weighted by Gasteiger charge is 2.03. The quantitative estimate of drug-likeness (QED) is 0.408. The molecule has 0 amide bonds. The first kappa shape index (κ1) is 18.6. The normalized spacial score (nSPS) is 9.70. The molecule has 6 heteroatoms. The van der Waals surface area contributed by atoms with Crippen molar-refractivity contribution in [3.63, 3.8) is 0 Å². The number of phenols is 1. The monoisotopic (exact) mass is 319 g/mol. The molecule has 0 spiro atoms. The smallest absolute Gasteiger partial charge is 0.115 e. The Hall–Kier alpha value is -2.44. The number of benzene rings is 2. The zero-order valence-corrected chi connectivity index (χ0v) is 13.3. The van der Waals surface area contributed by atoms with Gasteiger partial charge in [-0.25, -0.2) is 0 Å². The summed E-state index contributed by atoms with van der Waals surface area (Å²) in [6.07, 6.45) is 0. The fraction of sp³-hybridized carbons (Fsp3) is 0.294. The highest BCUT2D eigenvalue weighted by Crippen LogP contribution is 2.15. The molecule has 0 fully saturated rings. The SMILES string of the molecule is CNc1ccc(O)cc1.Nc1ccc(N(CCO)CCO)cc1. The zero-order chi connectivity index (χ0) is 17.1. The van der Waals surface area contributed by atoms with E-state index in [1.807, 2.05) is 36.2 Å². The maximum Gasteiger partial charge on any atom is 0.115 e. The van der Waals surface area contributed by atoms with E-state index in [1.165, 1.54) is 0 Å². The van der Waals surface area contributed by atoms with Gasteiger partial charge in [0.2, 0.25) is 0 Å². The Morgan fingerprint density at radius 2 is 1.43 bits per heavy atom. The summed E-state index contributed by atoms with van der Waals surface area (Å²) in [7, 11) is 1.84. The van der Waals surface area contributed by atoms with Crippen molar-refractivity contribution in [3.8, 4) is 5.75 Å². The van der Waals surface area contributed by atoms with E-state index < -0.39 is 0 Å². The molecule has 0 atom stereocenters. The number of rotatable bonds is 6. The first-order valence-electron chi connectivity index (χ1n) is 7.39. The number of nitrogens with zero attached hydrogens (tertiary/aromatic N) is 1. The second-order valence-corrected chi connectivity index (χ2v) is 4.82. The van der Waals surface area contributed by atoms with Crippen LogP contribution in [0.1, 0.15) is 0 Å². The molecule has 0 aromatic heterocycles. The van der Waals surface area contributed by atoms with Crippen molar-refractivity contribution in [1.29, 1.82) is 0 Å². The van der Waals surface area contributed by atoms with Crippen LogP contribution >= 0.6 is 0 Å². The van der Waals surface area contributed by atoms with Gasteiger partial charge in [-0.05, 0) is 48.5 Å². The van der Waals surface area contributed by atoms with Crippen molar-refractivity contribution < 1.29 is 15.3 Å². The molecule has 126 valence electrons. The Labute approximate surface area is 136 Å². The molecule has 0 unspecified atom stereocenters. The zero-order valence-electron chi connectivity index (χ0n) is 13.3. The minimum Gasteiger partial charge on any atom is -0.508 e. The molecule has 0 heterocycles. The third-order valence-electron chi connectivity index (χ3n) is 3.15. The minimum atomic E-state index is 0.0738. The number of nitrogens with two attached hydrogens (primary N) is 1. The molecule has 2 aromatic carbocycles. The van der Waals surface area contributed by atoms with Crippen LogP contribution in [-0.2, 0) is 0 Å². The van der Waals surface area contributed by atoms with E-state index in [4.69, 9.17) is 21.1 Å². The highest BCUT2D eigenvalue weighted by molar-refractivity contribution is 5.53. The van der Waals surface area contributed by atoms with Crippen LogP contribution < -0.4 is 16.0 Å². The number of aromatic hydroxyl groups is 1. The first-order valence-corrected chi connectivity index (χ1v) is 7.39. The lowest BCUT2D eigenvalue weighted by Gasteiger charge is -2.22. The summed E-state index contributed by atoms with van der Waals surface area (Å²) in [6, 6.07) is 14.3. The van der Waals surface area contributed by atoms with Crippen LogP contribution in [0.4, 0.5) is 17.1 Å². The second kappa shape index (κ2) is 10.3. The Morgan fingerprint density at radius 1 is 0.913 bits per heavy atom. The fourth-order valence-corrected chi connectivity index (χ4v) is 1.92. The van der Waals surface area contributed by atoms with Gasteiger partial charge in [-0.15, -0.1) is 0 Å². The Kier molecular flexibility index (Phi) is 8.34. The van der Waals surface area contributed by atoms with Gasteiger partial charge in [0, 0.05) is 37.2 Å². The van der Waals surface area contributed by atoms with Gasteiger partial charge < -0.3 is 31.3 Å².